The number of nitrogens with two attached hydrogens (primary N) is 1. The van der Waals surface area contributed by atoms with E-state index in [-0.39, 0.29) is 18.0 Å². The molecule has 1 amide bonds. The van der Waals surface area contributed by atoms with Crippen molar-refractivity contribution in [1.82, 2.24) is 9.88 Å². The Labute approximate surface area is 125 Å². The van der Waals surface area contributed by atoms with Gasteiger partial charge in [0.05, 0.1) is 17.3 Å². The van der Waals surface area contributed by atoms with Crippen LogP contribution in [0.1, 0.15) is 37.9 Å². The fourth-order valence-corrected chi connectivity index (χ4v) is 3.18. The van der Waals surface area contributed by atoms with Crippen LogP contribution in [-0.4, -0.2) is 28.4 Å². The average molecular weight is 283 g/mol. The first kappa shape index (κ1) is 14.0. The number of nitrogens with zero attached hydrogens (tertiary/aromatic N) is 2. The van der Waals surface area contributed by atoms with E-state index in [1.54, 1.807) is 0 Å². The Morgan fingerprint density at radius 3 is 2.90 bits per heavy atom. The predicted octanol–water partition coefficient (Wildman–Crippen LogP) is 2.64. The molecule has 1 aromatic heterocycles. The van der Waals surface area contributed by atoms with E-state index in [2.05, 4.69) is 6.07 Å². The zero-order valence-electron chi connectivity index (χ0n) is 12.3. The number of para-hydroxylation sites is 1. The zero-order chi connectivity index (χ0) is 14.8. The Kier molecular flexibility index (Phi) is 3.88. The number of likely N-dealkylation sites (N-methyl/N-ethyl adjacent to an activating group) is 1. The molecular weight excluding hydrogens is 262 g/mol. The van der Waals surface area contributed by atoms with Gasteiger partial charge in [0.2, 0.25) is 5.91 Å². The van der Waals surface area contributed by atoms with Crippen LogP contribution in [0.3, 0.4) is 0 Å². The molecule has 0 aliphatic carbocycles. The number of hydrogen-bond donors (Lipinski definition) is 1. The Bertz CT molecular complexity index is 655. The topological polar surface area (TPSA) is 59.2 Å². The lowest BCUT2D eigenvalue weighted by Crippen LogP contribution is -2.42. The summed E-state index contributed by atoms with van der Waals surface area (Å²) in [6.07, 6.45) is 2.31. The first-order valence-corrected chi connectivity index (χ1v) is 7.61. The normalized spacial score (nSPS) is 23.3. The van der Waals surface area contributed by atoms with Gasteiger partial charge in [-0.1, -0.05) is 24.3 Å². The van der Waals surface area contributed by atoms with Crippen LogP contribution >= 0.6 is 0 Å². The van der Waals surface area contributed by atoms with E-state index in [9.17, 15) is 4.79 Å². The molecule has 1 aliphatic heterocycles. The number of likely N-dealkylation sites (tertiary alicyclic amines) is 1. The van der Waals surface area contributed by atoms with Crippen LogP contribution in [0.15, 0.2) is 36.4 Å². The molecule has 1 aliphatic rings. The smallest absolute Gasteiger partial charge is 0.223 e. The van der Waals surface area contributed by atoms with Crippen molar-refractivity contribution in [3.05, 3.63) is 42.1 Å². The number of pyridine rings is 1. The van der Waals surface area contributed by atoms with Gasteiger partial charge in [-0.3, -0.25) is 9.78 Å². The molecule has 4 heteroatoms. The van der Waals surface area contributed by atoms with E-state index >= 15 is 0 Å². The van der Waals surface area contributed by atoms with Crippen LogP contribution in [-0.2, 0) is 4.79 Å². The summed E-state index contributed by atoms with van der Waals surface area (Å²) >= 11 is 0. The van der Waals surface area contributed by atoms with Crippen LogP contribution in [0.5, 0.6) is 0 Å². The minimum atomic E-state index is -0.116. The van der Waals surface area contributed by atoms with Gasteiger partial charge in [-0.15, -0.1) is 0 Å². The molecule has 2 N–H and O–H groups in total. The molecule has 4 nitrogen and oxygen atoms in total. The molecule has 110 valence electrons. The molecule has 21 heavy (non-hydrogen) atoms. The molecule has 1 fully saturated rings. The average Bonchev–Trinajstić information content (AvgIpc) is 2.65. The number of rotatable bonds is 2. The van der Waals surface area contributed by atoms with Crippen molar-refractivity contribution in [2.24, 2.45) is 5.73 Å². The predicted molar refractivity (Wildman–Crippen MR) is 83.7 cm³/mol. The molecule has 1 aromatic carbocycles. The summed E-state index contributed by atoms with van der Waals surface area (Å²) < 4.78 is 0. The standard InChI is InChI=1S/C17H21N3O/c1-2-20-16(21)9-5-7-13(18)17(20)15-11-10-12-6-3-4-8-14(12)19-15/h3-4,6,8,10-11,13,17H,2,5,7,9,18H2,1H3. The van der Waals surface area contributed by atoms with Crippen LogP contribution in [0, 0.1) is 0 Å². The summed E-state index contributed by atoms with van der Waals surface area (Å²) in [5, 5.41) is 1.11. The fourth-order valence-electron chi connectivity index (χ4n) is 3.18. The van der Waals surface area contributed by atoms with Gasteiger partial charge in [-0.25, -0.2) is 0 Å². The van der Waals surface area contributed by atoms with Crippen molar-refractivity contribution in [2.45, 2.75) is 38.3 Å². The second-order valence-electron chi connectivity index (χ2n) is 5.61. The van der Waals surface area contributed by atoms with E-state index in [4.69, 9.17) is 10.7 Å². The summed E-state index contributed by atoms with van der Waals surface area (Å²) in [5.74, 6) is 0.186. The van der Waals surface area contributed by atoms with Gasteiger partial charge in [0.15, 0.2) is 0 Å². The third-order valence-electron chi connectivity index (χ3n) is 4.25. The Morgan fingerprint density at radius 1 is 1.29 bits per heavy atom. The molecule has 2 heterocycles. The molecule has 2 unspecified atom stereocenters. The van der Waals surface area contributed by atoms with E-state index in [0.29, 0.717) is 13.0 Å². The van der Waals surface area contributed by atoms with Gasteiger partial charge in [-0.05, 0) is 31.9 Å². The summed E-state index contributed by atoms with van der Waals surface area (Å²) in [7, 11) is 0. The first-order valence-electron chi connectivity index (χ1n) is 7.61. The van der Waals surface area contributed by atoms with Gasteiger partial charge in [0, 0.05) is 24.4 Å². The van der Waals surface area contributed by atoms with Crippen LogP contribution in [0.25, 0.3) is 10.9 Å². The maximum Gasteiger partial charge on any atom is 0.223 e. The number of amides is 1. The van der Waals surface area contributed by atoms with Crippen LogP contribution < -0.4 is 5.73 Å². The molecule has 1 saturated heterocycles. The zero-order valence-corrected chi connectivity index (χ0v) is 12.3. The molecule has 0 saturated carbocycles. The lowest BCUT2D eigenvalue weighted by molar-refractivity contribution is -0.133. The van der Waals surface area contributed by atoms with Crippen molar-refractivity contribution in [2.75, 3.05) is 6.54 Å². The Hall–Kier alpha value is -1.94. The third-order valence-corrected chi connectivity index (χ3v) is 4.25. The van der Waals surface area contributed by atoms with E-state index in [1.807, 2.05) is 42.2 Å². The van der Waals surface area contributed by atoms with Crippen molar-refractivity contribution >= 4 is 16.8 Å². The minimum Gasteiger partial charge on any atom is -0.333 e. The van der Waals surface area contributed by atoms with Crippen molar-refractivity contribution < 1.29 is 4.79 Å². The van der Waals surface area contributed by atoms with Crippen LogP contribution in [0.4, 0.5) is 0 Å². The second-order valence-corrected chi connectivity index (χ2v) is 5.61. The van der Waals surface area contributed by atoms with E-state index in [0.717, 1.165) is 29.4 Å². The van der Waals surface area contributed by atoms with Crippen molar-refractivity contribution in [3.8, 4) is 0 Å². The molecular formula is C17H21N3O. The lowest BCUT2D eigenvalue weighted by Gasteiger charge is -2.32. The number of carbonyl (C=O) groups excluding carboxylic acids is 1. The maximum absolute atomic E-state index is 12.3. The largest absolute Gasteiger partial charge is 0.333 e. The SMILES string of the molecule is CCN1C(=O)CCCC(N)C1c1ccc2ccccc2n1. The minimum absolute atomic E-state index is 0.0509. The Balaban J connectivity index is 2.05. The highest BCUT2D eigenvalue weighted by molar-refractivity contribution is 5.79. The number of hydrogen-bond acceptors (Lipinski definition) is 3. The molecule has 3 rings (SSSR count). The van der Waals surface area contributed by atoms with Gasteiger partial charge in [0.1, 0.15) is 0 Å². The molecule has 0 radical (unpaired) electrons. The number of aromatic nitrogens is 1. The summed E-state index contributed by atoms with van der Waals surface area (Å²) in [6.45, 7) is 2.68. The van der Waals surface area contributed by atoms with Crippen LogP contribution in [0.2, 0.25) is 0 Å². The molecule has 0 spiro atoms. The van der Waals surface area contributed by atoms with E-state index in [1.165, 1.54) is 0 Å². The monoisotopic (exact) mass is 283 g/mol. The maximum atomic E-state index is 12.3. The molecule has 0 bridgehead atoms. The first-order chi connectivity index (χ1) is 10.2. The van der Waals surface area contributed by atoms with Gasteiger partial charge in [0.25, 0.3) is 0 Å². The quantitative estimate of drug-likeness (QED) is 0.921. The third kappa shape index (κ3) is 2.63. The number of benzene rings is 1. The van der Waals surface area contributed by atoms with Crippen molar-refractivity contribution in [1.29, 1.82) is 0 Å². The molecule has 2 aromatic rings. The Morgan fingerprint density at radius 2 is 2.10 bits per heavy atom. The van der Waals surface area contributed by atoms with Gasteiger partial charge >= 0.3 is 0 Å². The fraction of sp³-hybridized carbons (Fsp3) is 0.412. The van der Waals surface area contributed by atoms with Gasteiger partial charge in [-0.2, -0.15) is 0 Å². The number of carbonyl (C=O) groups is 1. The highest BCUT2D eigenvalue weighted by Crippen LogP contribution is 2.29. The van der Waals surface area contributed by atoms with Gasteiger partial charge < -0.3 is 10.6 Å². The number of fused-ring (bicyclic) bond motifs is 1. The van der Waals surface area contributed by atoms with Crippen molar-refractivity contribution in [3.63, 3.8) is 0 Å². The lowest BCUT2D eigenvalue weighted by atomic mass is 9.99. The summed E-state index contributed by atoms with van der Waals surface area (Å²) in [5.41, 5.74) is 8.20. The summed E-state index contributed by atoms with van der Waals surface area (Å²) in [6, 6.07) is 11.9. The molecule has 2 atom stereocenters. The summed E-state index contributed by atoms with van der Waals surface area (Å²) in [4.78, 5) is 18.9. The van der Waals surface area contributed by atoms with E-state index < -0.39 is 0 Å². The highest BCUT2D eigenvalue weighted by atomic mass is 16.2. The second kappa shape index (κ2) is 5.82. The highest BCUT2D eigenvalue weighted by Gasteiger charge is 2.32.